The molecule has 1 aliphatic rings. The standard InChI is InChI=1S/C17H36N2/c1-6-10-17(5,13-18-11-7-2)14-19-12-8-9-15(3)16(19)4/h15-16,18H,6-14H2,1-5H3. The van der Waals surface area contributed by atoms with Crippen molar-refractivity contribution in [3.8, 4) is 0 Å². The summed E-state index contributed by atoms with van der Waals surface area (Å²) < 4.78 is 0. The lowest BCUT2D eigenvalue weighted by Gasteiger charge is -2.43. The Hall–Kier alpha value is -0.0800. The van der Waals surface area contributed by atoms with Crippen LogP contribution in [0.25, 0.3) is 0 Å². The summed E-state index contributed by atoms with van der Waals surface area (Å²) in [5.41, 5.74) is 0.440. The lowest BCUT2D eigenvalue weighted by Crippen LogP contribution is -2.49. The molecule has 1 saturated heterocycles. The Morgan fingerprint density at radius 2 is 1.95 bits per heavy atom. The van der Waals surface area contributed by atoms with Crippen molar-refractivity contribution >= 4 is 0 Å². The fraction of sp³-hybridized carbons (Fsp3) is 1.00. The number of nitrogens with zero attached hydrogens (tertiary/aromatic N) is 1. The molecule has 1 rings (SSSR count). The van der Waals surface area contributed by atoms with Crippen LogP contribution in [0.2, 0.25) is 0 Å². The molecule has 0 spiro atoms. The topological polar surface area (TPSA) is 15.3 Å². The van der Waals surface area contributed by atoms with Crippen LogP contribution in [0.15, 0.2) is 0 Å². The number of piperidine rings is 1. The number of nitrogens with one attached hydrogen (secondary N) is 1. The Balaban J connectivity index is 2.55. The van der Waals surface area contributed by atoms with Crippen molar-refractivity contribution < 1.29 is 0 Å². The average Bonchev–Trinajstić information content (AvgIpc) is 2.36. The summed E-state index contributed by atoms with van der Waals surface area (Å²) in [6.07, 6.45) is 6.66. The van der Waals surface area contributed by atoms with Gasteiger partial charge in [-0.3, -0.25) is 4.90 Å². The van der Waals surface area contributed by atoms with Crippen molar-refractivity contribution in [2.45, 2.75) is 72.8 Å². The maximum Gasteiger partial charge on any atom is 0.00928 e. The zero-order valence-electron chi connectivity index (χ0n) is 14.0. The summed E-state index contributed by atoms with van der Waals surface area (Å²) in [6.45, 7) is 16.8. The Morgan fingerprint density at radius 1 is 1.21 bits per heavy atom. The first-order valence-corrected chi connectivity index (χ1v) is 8.47. The third-order valence-electron chi connectivity index (χ3n) is 4.92. The molecular weight excluding hydrogens is 232 g/mol. The molecular formula is C17H36N2. The molecule has 1 N–H and O–H groups in total. The average molecular weight is 268 g/mol. The molecule has 2 heteroatoms. The van der Waals surface area contributed by atoms with E-state index in [0.29, 0.717) is 5.41 Å². The SMILES string of the molecule is CCCNCC(C)(CCC)CN1CCCC(C)C1C. The number of hydrogen-bond acceptors (Lipinski definition) is 2. The van der Waals surface area contributed by atoms with E-state index in [2.05, 4.69) is 44.8 Å². The fourth-order valence-corrected chi connectivity index (χ4v) is 3.53. The Kier molecular flexibility index (Phi) is 7.38. The van der Waals surface area contributed by atoms with E-state index in [4.69, 9.17) is 0 Å². The van der Waals surface area contributed by atoms with Crippen molar-refractivity contribution in [2.75, 3.05) is 26.2 Å². The second-order valence-electron chi connectivity index (χ2n) is 7.07. The van der Waals surface area contributed by atoms with E-state index in [1.807, 2.05) is 0 Å². The van der Waals surface area contributed by atoms with Gasteiger partial charge in [-0.05, 0) is 57.0 Å². The molecule has 0 bridgehead atoms. The Bertz CT molecular complexity index is 241. The zero-order valence-corrected chi connectivity index (χ0v) is 14.0. The Morgan fingerprint density at radius 3 is 2.58 bits per heavy atom. The molecule has 19 heavy (non-hydrogen) atoms. The van der Waals surface area contributed by atoms with Crippen LogP contribution in [-0.2, 0) is 0 Å². The van der Waals surface area contributed by atoms with Gasteiger partial charge < -0.3 is 5.32 Å². The second kappa shape index (κ2) is 8.26. The van der Waals surface area contributed by atoms with Crippen molar-refractivity contribution in [3.63, 3.8) is 0 Å². The summed E-state index contributed by atoms with van der Waals surface area (Å²) in [7, 11) is 0. The zero-order chi connectivity index (χ0) is 14.3. The van der Waals surface area contributed by atoms with Crippen LogP contribution in [0.1, 0.15) is 66.7 Å². The van der Waals surface area contributed by atoms with Crippen molar-refractivity contribution in [2.24, 2.45) is 11.3 Å². The van der Waals surface area contributed by atoms with Gasteiger partial charge in [-0.2, -0.15) is 0 Å². The molecule has 0 aromatic rings. The molecule has 1 heterocycles. The third-order valence-corrected chi connectivity index (χ3v) is 4.92. The summed E-state index contributed by atoms with van der Waals surface area (Å²) in [4.78, 5) is 2.75. The lowest BCUT2D eigenvalue weighted by atomic mass is 9.82. The molecule has 3 atom stereocenters. The maximum absolute atomic E-state index is 3.65. The van der Waals surface area contributed by atoms with Gasteiger partial charge in [0.25, 0.3) is 0 Å². The summed E-state index contributed by atoms with van der Waals surface area (Å²) in [5, 5.41) is 3.65. The minimum Gasteiger partial charge on any atom is -0.316 e. The van der Waals surface area contributed by atoms with E-state index < -0.39 is 0 Å². The van der Waals surface area contributed by atoms with Crippen molar-refractivity contribution in [1.29, 1.82) is 0 Å². The predicted octanol–water partition coefficient (Wildman–Crippen LogP) is 3.91. The molecule has 0 aromatic carbocycles. The maximum atomic E-state index is 3.65. The van der Waals surface area contributed by atoms with Gasteiger partial charge in [0.15, 0.2) is 0 Å². The smallest absolute Gasteiger partial charge is 0.00928 e. The van der Waals surface area contributed by atoms with Crippen LogP contribution in [-0.4, -0.2) is 37.1 Å². The van der Waals surface area contributed by atoms with Crippen molar-refractivity contribution in [1.82, 2.24) is 10.2 Å². The molecule has 0 aromatic heterocycles. The fourth-order valence-electron chi connectivity index (χ4n) is 3.53. The minimum absolute atomic E-state index is 0.440. The van der Waals surface area contributed by atoms with Crippen LogP contribution in [0.4, 0.5) is 0 Å². The first-order valence-electron chi connectivity index (χ1n) is 8.47. The van der Waals surface area contributed by atoms with Gasteiger partial charge in [-0.15, -0.1) is 0 Å². The number of hydrogen-bond donors (Lipinski definition) is 1. The van der Waals surface area contributed by atoms with Crippen LogP contribution in [0.5, 0.6) is 0 Å². The highest BCUT2D eigenvalue weighted by Gasteiger charge is 2.31. The van der Waals surface area contributed by atoms with Crippen LogP contribution in [0, 0.1) is 11.3 Å². The number of rotatable bonds is 8. The molecule has 0 amide bonds. The van der Waals surface area contributed by atoms with Gasteiger partial charge >= 0.3 is 0 Å². The molecule has 1 fully saturated rings. The van der Waals surface area contributed by atoms with Gasteiger partial charge in [0.1, 0.15) is 0 Å². The van der Waals surface area contributed by atoms with E-state index in [1.54, 1.807) is 0 Å². The summed E-state index contributed by atoms with van der Waals surface area (Å²) in [6, 6.07) is 0.760. The molecule has 0 saturated carbocycles. The van der Waals surface area contributed by atoms with Crippen LogP contribution >= 0.6 is 0 Å². The monoisotopic (exact) mass is 268 g/mol. The molecule has 2 nitrogen and oxygen atoms in total. The summed E-state index contributed by atoms with van der Waals surface area (Å²) in [5.74, 6) is 0.864. The predicted molar refractivity (Wildman–Crippen MR) is 85.6 cm³/mol. The van der Waals surface area contributed by atoms with E-state index >= 15 is 0 Å². The highest BCUT2D eigenvalue weighted by Crippen LogP contribution is 2.29. The third kappa shape index (κ3) is 5.43. The molecule has 0 aliphatic carbocycles. The van der Waals surface area contributed by atoms with E-state index in [-0.39, 0.29) is 0 Å². The lowest BCUT2D eigenvalue weighted by molar-refractivity contribution is 0.0615. The van der Waals surface area contributed by atoms with E-state index in [1.165, 1.54) is 51.7 Å². The highest BCUT2D eigenvalue weighted by atomic mass is 15.2. The minimum atomic E-state index is 0.440. The van der Waals surface area contributed by atoms with E-state index in [9.17, 15) is 0 Å². The second-order valence-corrected chi connectivity index (χ2v) is 7.07. The molecule has 1 aliphatic heterocycles. The first kappa shape index (κ1) is 17.0. The number of likely N-dealkylation sites (tertiary alicyclic amines) is 1. The van der Waals surface area contributed by atoms with Gasteiger partial charge in [0.05, 0.1) is 0 Å². The van der Waals surface area contributed by atoms with Crippen LogP contribution < -0.4 is 5.32 Å². The van der Waals surface area contributed by atoms with Crippen molar-refractivity contribution in [3.05, 3.63) is 0 Å². The molecule has 114 valence electrons. The Labute approximate surface area is 121 Å². The summed E-state index contributed by atoms with van der Waals surface area (Å²) >= 11 is 0. The largest absolute Gasteiger partial charge is 0.316 e. The van der Waals surface area contributed by atoms with Crippen LogP contribution in [0.3, 0.4) is 0 Å². The first-order chi connectivity index (χ1) is 9.02. The van der Waals surface area contributed by atoms with Gasteiger partial charge in [0, 0.05) is 19.1 Å². The van der Waals surface area contributed by atoms with Gasteiger partial charge in [-0.25, -0.2) is 0 Å². The normalized spacial score (nSPS) is 28.3. The van der Waals surface area contributed by atoms with E-state index in [0.717, 1.165) is 18.5 Å². The van der Waals surface area contributed by atoms with Gasteiger partial charge in [-0.1, -0.05) is 34.1 Å². The highest BCUT2D eigenvalue weighted by molar-refractivity contribution is 4.86. The van der Waals surface area contributed by atoms with Gasteiger partial charge in [0.2, 0.25) is 0 Å². The molecule has 3 unspecified atom stereocenters. The quantitative estimate of drug-likeness (QED) is 0.671. The molecule has 0 radical (unpaired) electrons.